The average Bonchev–Trinajstić information content (AvgIpc) is 2.65. The molecule has 5 nitrogen and oxygen atoms in total. The van der Waals surface area contributed by atoms with Crippen LogP contribution in [-0.2, 0) is 6.61 Å². The molecule has 0 saturated carbocycles. The molecule has 0 fully saturated rings. The maximum absolute atomic E-state index is 12.2. The lowest BCUT2D eigenvalue weighted by molar-refractivity contribution is 0.0950. The molecule has 2 aromatic carbocycles. The highest BCUT2D eigenvalue weighted by Gasteiger charge is 2.12. The minimum atomic E-state index is -0.148. The molecule has 0 bridgehead atoms. The number of ether oxygens (including phenoxy) is 2. The molecule has 142 valence electrons. The Kier molecular flexibility index (Phi) is 9.27. The zero-order valence-corrected chi connectivity index (χ0v) is 16.6. The number of benzene rings is 2. The fourth-order valence-electron chi connectivity index (χ4n) is 2.12. The summed E-state index contributed by atoms with van der Waals surface area (Å²) < 4.78 is 11.1. The van der Waals surface area contributed by atoms with Gasteiger partial charge in [-0.3, -0.25) is 4.79 Å². The molecule has 0 aliphatic heterocycles. The van der Waals surface area contributed by atoms with E-state index in [0.717, 1.165) is 5.56 Å². The summed E-state index contributed by atoms with van der Waals surface area (Å²) in [6.07, 6.45) is 0. The lowest BCUT2D eigenvalue weighted by Crippen LogP contribution is -2.37. The number of rotatable bonds is 8. The van der Waals surface area contributed by atoms with Gasteiger partial charge in [-0.05, 0) is 49.9 Å². The van der Waals surface area contributed by atoms with E-state index < -0.39 is 0 Å². The highest BCUT2D eigenvalue weighted by molar-refractivity contribution is 6.30. The van der Waals surface area contributed by atoms with E-state index in [-0.39, 0.29) is 24.4 Å². The van der Waals surface area contributed by atoms with E-state index in [1.165, 1.54) is 0 Å². The zero-order chi connectivity index (χ0) is 18.2. The Morgan fingerprint density at radius 2 is 1.85 bits per heavy atom. The number of likely N-dealkylation sites (N-methyl/N-ethyl adjacent to an activating group) is 1. The van der Waals surface area contributed by atoms with Gasteiger partial charge in [-0.2, -0.15) is 0 Å². The van der Waals surface area contributed by atoms with Crippen LogP contribution in [-0.4, -0.2) is 32.7 Å². The average molecular weight is 399 g/mol. The van der Waals surface area contributed by atoms with Crippen molar-refractivity contribution in [2.24, 2.45) is 0 Å². The predicted molar refractivity (Wildman–Crippen MR) is 107 cm³/mol. The minimum absolute atomic E-state index is 0. The topological polar surface area (TPSA) is 59.6 Å². The molecule has 0 spiro atoms. The summed E-state index contributed by atoms with van der Waals surface area (Å²) >= 11 is 5.88. The minimum Gasteiger partial charge on any atom is -0.493 e. The second-order valence-electron chi connectivity index (χ2n) is 5.68. The van der Waals surface area contributed by atoms with Gasteiger partial charge in [-0.15, -0.1) is 12.4 Å². The van der Waals surface area contributed by atoms with Gasteiger partial charge in [0, 0.05) is 23.2 Å². The van der Waals surface area contributed by atoms with Gasteiger partial charge in [0.2, 0.25) is 0 Å². The second kappa shape index (κ2) is 10.9. The summed E-state index contributed by atoms with van der Waals surface area (Å²) in [5.41, 5.74) is 1.52. The molecule has 1 amide bonds. The van der Waals surface area contributed by atoms with E-state index in [1.54, 1.807) is 25.3 Å². The summed E-state index contributed by atoms with van der Waals surface area (Å²) in [6.45, 7) is 2.93. The first-order chi connectivity index (χ1) is 12.0. The fraction of sp³-hybridized carbons (Fsp3) is 0.316. The number of hydrogen-bond acceptors (Lipinski definition) is 4. The van der Waals surface area contributed by atoms with Gasteiger partial charge in [-0.25, -0.2) is 0 Å². The molecule has 0 saturated heterocycles. The van der Waals surface area contributed by atoms with Crippen LogP contribution in [0.5, 0.6) is 11.5 Å². The van der Waals surface area contributed by atoms with Gasteiger partial charge in [0.1, 0.15) is 6.61 Å². The van der Waals surface area contributed by atoms with Crippen molar-refractivity contribution in [3.63, 3.8) is 0 Å². The Hall–Kier alpha value is -1.95. The van der Waals surface area contributed by atoms with Crippen molar-refractivity contribution in [1.82, 2.24) is 10.6 Å². The number of nitrogens with one attached hydrogen (secondary N) is 2. The van der Waals surface area contributed by atoms with Crippen molar-refractivity contribution in [2.75, 3.05) is 20.7 Å². The summed E-state index contributed by atoms with van der Waals surface area (Å²) in [4.78, 5) is 12.2. The van der Waals surface area contributed by atoms with Crippen LogP contribution in [0.25, 0.3) is 0 Å². The van der Waals surface area contributed by atoms with Gasteiger partial charge in [-0.1, -0.05) is 23.7 Å². The Balaban J connectivity index is 0.00000338. The molecule has 0 aliphatic carbocycles. The van der Waals surface area contributed by atoms with Gasteiger partial charge in [0.25, 0.3) is 5.91 Å². The van der Waals surface area contributed by atoms with Gasteiger partial charge >= 0.3 is 0 Å². The molecule has 0 aliphatic rings. The standard InChI is InChI=1S/C19H23ClN2O3.ClH/c1-13(21-2)11-22-19(23)15-6-9-17(18(10-15)24-3)25-12-14-4-7-16(20)8-5-14;/h4-10,13,21H,11-12H2,1-3H3,(H,22,23);1H. The number of amides is 1. The van der Waals surface area contributed by atoms with E-state index in [0.29, 0.717) is 35.2 Å². The summed E-state index contributed by atoms with van der Waals surface area (Å²) in [5, 5.41) is 6.63. The zero-order valence-electron chi connectivity index (χ0n) is 15.0. The molecule has 0 radical (unpaired) electrons. The van der Waals surface area contributed by atoms with Crippen molar-refractivity contribution < 1.29 is 14.3 Å². The second-order valence-corrected chi connectivity index (χ2v) is 6.12. The number of methoxy groups -OCH3 is 1. The maximum Gasteiger partial charge on any atom is 0.251 e. The summed E-state index contributed by atoms with van der Waals surface area (Å²) in [7, 11) is 3.40. The number of halogens is 2. The van der Waals surface area contributed by atoms with Crippen molar-refractivity contribution in [3.8, 4) is 11.5 Å². The molecule has 1 unspecified atom stereocenters. The molecule has 2 aromatic rings. The third-order valence-electron chi connectivity index (χ3n) is 3.80. The predicted octanol–water partition coefficient (Wildman–Crippen LogP) is 3.69. The maximum atomic E-state index is 12.2. The third-order valence-corrected chi connectivity index (χ3v) is 4.05. The lowest BCUT2D eigenvalue weighted by atomic mass is 10.1. The Bertz CT molecular complexity index is 708. The van der Waals surface area contributed by atoms with Crippen molar-refractivity contribution in [3.05, 3.63) is 58.6 Å². The lowest BCUT2D eigenvalue weighted by Gasteiger charge is -2.14. The highest BCUT2D eigenvalue weighted by atomic mass is 35.5. The van der Waals surface area contributed by atoms with Crippen LogP contribution in [0.1, 0.15) is 22.8 Å². The SMILES string of the molecule is CNC(C)CNC(=O)c1ccc(OCc2ccc(Cl)cc2)c(OC)c1.Cl. The van der Waals surface area contributed by atoms with Crippen molar-refractivity contribution >= 4 is 29.9 Å². The number of carbonyl (C=O) groups excluding carboxylic acids is 1. The largest absolute Gasteiger partial charge is 0.493 e. The fourth-order valence-corrected chi connectivity index (χ4v) is 2.25. The van der Waals surface area contributed by atoms with Crippen LogP contribution in [0.15, 0.2) is 42.5 Å². The monoisotopic (exact) mass is 398 g/mol. The molecule has 0 aromatic heterocycles. The molecule has 26 heavy (non-hydrogen) atoms. The molecule has 0 heterocycles. The summed E-state index contributed by atoms with van der Waals surface area (Å²) in [5.74, 6) is 0.950. The Morgan fingerprint density at radius 3 is 2.46 bits per heavy atom. The molecule has 2 N–H and O–H groups in total. The van der Waals surface area contributed by atoms with Gasteiger partial charge in [0.05, 0.1) is 7.11 Å². The van der Waals surface area contributed by atoms with Gasteiger partial charge in [0.15, 0.2) is 11.5 Å². The van der Waals surface area contributed by atoms with E-state index in [9.17, 15) is 4.79 Å². The first kappa shape index (κ1) is 22.1. The normalized spacial score (nSPS) is 11.2. The molecule has 2 rings (SSSR count). The smallest absolute Gasteiger partial charge is 0.251 e. The number of hydrogen-bond donors (Lipinski definition) is 2. The van der Waals surface area contributed by atoms with Crippen molar-refractivity contribution in [2.45, 2.75) is 19.6 Å². The number of carbonyl (C=O) groups is 1. The summed E-state index contributed by atoms with van der Waals surface area (Å²) in [6, 6.07) is 12.8. The first-order valence-corrected chi connectivity index (χ1v) is 8.42. The molecule has 1 atom stereocenters. The van der Waals surface area contributed by atoms with E-state index in [4.69, 9.17) is 21.1 Å². The van der Waals surface area contributed by atoms with E-state index in [2.05, 4.69) is 10.6 Å². The Morgan fingerprint density at radius 1 is 1.15 bits per heavy atom. The highest BCUT2D eigenvalue weighted by Crippen LogP contribution is 2.29. The van der Waals surface area contributed by atoms with Crippen molar-refractivity contribution in [1.29, 1.82) is 0 Å². The van der Waals surface area contributed by atoms with Crippen LogP contribution in [0.4, 0.5) is 0 Å². The molecular formula is C19H24Cl2N2O3. The Labute approximate surface area is 165 Å². The van der Waals surface area contributed by atoms with Crippen LogP contribution >= 0.6 is 24.0 Å². The van der Waals surface area contributed by atoms with E-state index in [1.807, 2.05) is 38.2 Å². The quantitative estimate of drug-likeness (QED) is 0.711. The van der Waals surface area contributed by atoms with E-state index >= 15 is 0 Å². The van der Waals surface area contributed by atoms with Crippen LogP contribution in [0, 0.1) is 0 Å². The van der Waals surface area contributed by atoms with Crippen LogP contribution in [0.2, 0.25) is 5.02 Å². The molecule has 7 heteroatoms. The molecular weight excluding hydrogens is 375 g/mol. The first-order valence-electron chi connectivity index (χ1n) is 8.04. The van der Waals surface area contributed by atoms with Crippen LogP contribution < -0.4 is 20.1 Å². The van der Waals surface area contributed by atoms with Gasteiger partial charge < -0.3 is 20.1 Å². The third kappa shape index (κ3) is 6.41. The van der Waals surface area contributed by atoms with Crippen LogP contribution in [0.3, 0.4) is 0 Å².